The largest absolute Gasteiger partial charge is 0.379 e. The van der Waals surface area contributed by atoms with Gasteiger partial charge in [-0.2, -0.15) is 0 Å². The average Bonchev–Trinajstić information content (AvgIpc) is 3.09. The van der Waals surface area contributed by atoms with Crippen LogP contribution in [0.3, 0.4) is 0 Å². The molecule has 6 heteroatoms. The van der Waals surface area contributed by atoms with E-state index in [2.05, 4.69) is 22.4 Å². The summed E-state index contributed by atoms with van der Waals surface area (Å²) >= 11 is 1.45. The van der Waals surface area contributed by atoms with Crippen LogP contribution in [0, 0.1) is 6.92 Å². The van der Waals surface area contributed by atoms with E-state index in [4.69, 9.17) is 9.47 Å². The zero-order valence-corrected chi connectivity index (χ0v) is 17.6. The SMILES string of the molecule is CCOCCOCc1cccc(NC(=O)c2sc(Cc3ccccc3)nc2C)c1. The molecule has 1 heterocycles. The third-order valence-corrected chi connectivity index (χ3v) is 5.43. The molecule has 2 aromatic carbocycles. The first-order valence-corrected chi connectivity index (χ1v) is 10.5. The second-order valence-corrected chi connectivity index (χ2v) is 7.67. The van der Waals surface area contributed by atoms with Crippen molar-refractivity contribution in [3.63, 3.8) is 0 Å². The molecular weight excluding hydrogens is 384 g/mol. The Balaban J connectivity index is 1.59. The quantitative estimate of drug-likeness (QED) is 0.486. The van der Waals surface area contributed by atoms with E-state index in [-0.39, 0.29) is 5.91 Å². The number of thiazole rings is 1. The average molecular weight is 411 g/mol. The van der Waals surface area contributed by atoms with Crippen molar-refractivity contribution in [3.05, 3.63) is 81.3 Å². The maximum absolute atomic E-state index is 12.8. The molecule has 3 rings (SSSR count). The van der Waals surface area contributed by atoms with Crippen LogP contribution in [0.25, 0.3) is 0 Å². The Morgan fingerprint density at radius 1 is 1.03 bits per heavy atom. The summed E-state index contributed by atoms with van der Waals surface area (Å²) in [6.07, 6.45) is 0.730. The maximum atomic E-state index is 12.8. The van der Waals surface area contributed by atoms with Gasteiger partial charge in [-0.25, -0.2) is 4.98 Å². The number of aromatic nitrogens is 1. The fourth-order valence-electron chi connectivity index (χ4n) is 2.89. The van der Waals surface area contributed by atoms with Gasteiger partial charge in [-0.15, -0.1) is 11.3 Å². The van der Waals surface area contributed by atoms with Crippen LogP contribution in [0.1, 0.15) is 38.4 Å². The van der Waals surface area contributed by atoms with E-state index >= 15 is 0 Å². The number of ether oxygens (including phenoxy) is 2. The minimum absolute atomic E-state index is 0.131. The summed E-state index contributed by atoms with van der Waals surface area (Å²) in [7, 11) is 0. The number of anilines is 1. The van der Waals surface area contributed by atoms with E-state index in [1.807, 2.05) is 56.3 Å². The van der Waals surface area contributed by atoms with Gasteiger partial charge in [0.05, 0.1) is 30.5 Å². The second-order valence-electron chi connectivity index (χ2n) is 6.59. The lowest BCUT2D eigenvalue weighted by molar-refractivity contribution is 0.0453. The molecule has 0 saturated heterocycles. The Bertz CT molecular complexity index is 925. The summed E-state index contributed by atoms with van der Waals surface area (Å²) in [6, 6.07) is 17.9. The van der Waals surface area contributed by atoms with E-state index in [1.165, 1.54) is 16.9 Å². The molecule has 152 valence electrons. The lowest BCUT2D eigenvalue weighted by Crippen LogP contribution is -2.11. The zero-order valence-electron chi connectivity index (χ0n) is 16.8. The standard InChI is InChI=1S/C23H26N2O3S/c1-3-27-12-13-28-16-19-10-7-11-20(14-19)25-23(26)22-17(2)24-21(29-22)15-18-8-5-4-6-9-18/h4-11,14H,3,12-13,15-16H2,1-2H3,(H,25,26). The van der Waals surface area contributed by atoms with Gasteiger partial charge in [0, 0.05) is 18.7 Å². The number of aryl methyl sites for hydroxylation is 1. The highest BCUT2D eigenvalue weighted by Crippen LogP contribution is 2.22. The lowest BCUT2D eigenvalue weighted by atomic mass is 10.2. The molecule has 0 aliphatic heterocycles. The summed E-state index contributed by atoms with van der Waals surface area (Å²) < 4.78 is 10.9. The van der Waals surface area contributed by atoms with Crippen molar-refractivity contribution < 1.29 is 14.3 Å². The van der Waals surface area contributed by atoms with Gasteiger partial charge in [0.25, 0.3) is 5.91 Å². The number of carbonyl (C=O) groups is 1. The van der Waals surface area contributed by atoms with Gasteiger partial charge >= 0.3 is 0 Å². The van der Waals surface area contributed by atoms with Crippen molar-refractivity contribution in [2.75, 3.05) is 25.1 Å². The number of rotatable bonds is 10. The van der Waals surface area contributed by atoms with Crippen LogP contribution in [-0.4, -0.2) is 30.7 Å². The van der Waals surface area contributed by atoms with Gasteiger partial charge in [0.2, 0.25) is 0 Å². The molecule has 3 aromatic rings. The van der Waals surface area contributed by atoms with E-state index in [0.717, 1.165) is 28.4 Å². The lowest BCUT2D eigenvalue weighted by Gasteiger charge is -2.08. The summed E-state index contributed by atoms with van der Waals surface area (Å²) in [5, 5.41) is 3.92. The fraction of sp³-hybridized carbons (Fsp3) is 0.304. The Kier molecular flexibility index (Phi) is 7.93. The Labute approximate surface area is 175 Å². The second kappa shape index (κ2) is 10.9. The molecule has 0 atom stereocenters. The van der Waals surface area contributed by atoms with Crippen molar-refractivity contribution in [2.24, 2.45) is 0 Å². The molecule has 0 bridgehead atoms. The molecule has 1 aromatic heterocycles. The van der Waals surface area contributed by atoms with Crippen molar-refractivity contribution in [1.82, 2.24) is 4.98 Å². The molecule has 1 N–H and O–H groups in total. The Hall–Kier alpha value is -2.54. The topological polar surface area (TPSA) is 60.5 Å². The van der Waals surface area contributed by atoms with Crippen LogP contribution in [0.4, 0.5) is 5.69 Å². The van der Waals surface area contributed by atoms with Gasteiger partial charge in [0.1, 0.15) is 4.88 Å². The predicted molar refractivity (Wildman–Crippen MR) is 117 cm³/mol. The number of nitrogens with one attached hydrogen (secondary N) is 1. The van der Waals surface area contributed by atoms with Gasteiger partial charge in [-0.1, -0.05) is 42.5 Å². The molecule has 5 nitrogen and oxygen atoms in total. The first kappa shape index (κ1) is 21.2. The molecule has 1 amide bonds. The van der Waals surface area contributed by atoms with E-state index in [9.17, 15) is 4.79 Å². The molecule has 29 heavy (non-hydrogen) atoms. The van der Waals surface area contributed by atoms with Crippen molar-refractivity contribution >= 4 is 22.9 Å². The first-order chi connectivity index (χ1) is 14.2. The number of hydrogen-bond donors (Lipinski definition) is 1. The predicted octanol–water partition coefficient (Wildman–Crippen LogP) is 4.85. The summed E-state index contributed by atoms with van der Waals surface area (Å²) in [5.74, 6) is -0.131. The molecule has 0 spiro atoms. The molecule has 0 unspecified atom stereocenters. The number of hydrogen-bond acceptors (Lipinski definition) is 5. The molecule has 0 aliphatic rings. The third-order valence-electron chi connectivity index (χ3n) is 4.28. The van der Waals surface area contributed by atoms with Crippen molar-refractivity contribution in [2.45, 2.75) is 26.9 Å². The number of benzene rings is 2. The third kappa shape index (κ3) is 6.49. The van der Waals surface area contributed by atoms with E-state index < -0.39 is 0 Å². The molecular formula is C23H26N2O3S. The van der Waals surface area contributed by atoms with Gasteiger partial charge < -0.3 is 14.8 Å². The highest BCUT2D eigenvalue weighted by molar-refractivity contribution is 7.14. The summed E-state index contributed by atoms with van der Waals surface area (Å²) in [5.41, 5.74) is 3.70. The Morgan fingerprint density at radius 2 is 1.79 bits per heavy atom. The van der Waals surface area contributed by atoms with Crippen LogP contribution in [0.5, 0.6) is 0 Å². The van der Waals surface area contributed by atoms with E-state index in [1.54, 1.807) is 0 Å². The maximum Gasteiger partial charge on any atom is 0.267 e. The van der Waals surface area contributed by atoms with Gasteiger partial charge in [-0.3, -0.25) is 4.79 Å². The van der Waals surface area contributed by atoms with Crippen LogP contribution in [0.2, 0.25) is 0 Å². The summed E-state index contributed by atoms with van der Waals surface area (Å²) in [4.78, 5) is 18.0. The Morgan fingerprint density at radius 3 is 2.59 bits per heavy atom. The van der Waals surface area contributed by atoms with Crippen LogP contribution < -0.4 is 5.32 Å². The van der Waals surface area contributed by atoms with Crippen LogP contribution in [0.15, 0.2) is 54.6 Å². The minimum atomic E-state index is -0.131. The number of nitrogens with zero attached hydrogens (tertiary/aromatic N) is 1. The highest BCUT2D eigenvalue weighted by atomic mass is 32.1. The van der Waals surface area contributed by atoms with Crippen LogP contribution >= 0.6 is 11.3 Å². The minimum Gasteiger partial charge on any atom is -0.379 e. The van der Waals surface area contributed by atoms with Gasteiger partial charge in [0.15, 0.2) is 0 Å². The smallest absolute Gasteiger partial charge is 0.267 e. The fourth-order valence-corrected chi connectivity index (χ4v) is 3.88. The molecule has 0 saturated carbocycles. The highest BCUT2D eigenvalue weighted by Gasteiger charge is 2.16. The first-order valence-electron chi connectivity index (χ1n) is 9.71. The van der Waals surface area contributed by atoms with Crippen molar-refractivity contribution in [3.8, 4) is 0 Å². The zero-order chi connectivity index (χ0) is 20.5. The van der Waals surface area contributed by atoms with Crippen LogP contribution in [-0.2, 0) is 22.5 Å². The summed E-state index contributed by atoms with van der Waals surface area (Å²) in [6.45, 7) is 6.15. The molecule has 0 aliphatic carbocycles. The molecule has 0 fully saturated rings. The van der Waals surface area contributed by atoms with Gasteiger partial charge in [-0.05, 0) is 37.1 Å². The molecule has 0 radical (unpaired) electrons. The normalized spacial score (nSPS) is 10.8. The van der Waals surface area contributed by atoms with Crippen molar-refractivity contribution in [1.29, 1.82) is 0 Å². The number of carbonyl (C=O) groups excluding carboxylic acids is 1. The number of amides is 1. The monoisotopic (exact) mass is 410 g/mol. The van der Waals surface area contributed by atoms with E-state index in [0.29, 0.717) is 31.3 Å².